The summed E-state index contributed by atoms with van der Waals surface area (Å²) >= 11 is 0. The van der Waals surface area contributed by atoms with Gasteiger partial charge in [0.25, 0.3) is 0 Å². The maximum atomic E-state index is 12.5. The number of carbonyl (C=O) groups is 3. The molecule has 28 heavy (non-hydrogen) atoms. The van der Waals surface area contributed by atoms with Crippen LogP contribution < -0.4 is 14.8 Å². The largest absolute Gasteiger partial charge is 0.493 e. The van der Waals surface area contributed by atoms with Crippen molar-refractivity contribution in [1.29, 1.82) is 0 Å². The molecule has 1 aromatic carbocycles. The van der Waals surface area contributed by atoms with Gasteiger partial charge in [-0.15, -0.1) is 0 Å². The molecule has 1 saturated heterocycles. The van der Waals surface area contributed by atoms with E-state index in [9.17, 15) is 14.4 Å². The van der Waals surface area contributed by atoms with E-state index in [1.54, 1.807) is 25.3 Å². The minimum atomic E-state index is -0.423. The number of nitrogens with one attached hydrogen (secondary N) is 1. The molecule has 1 saturated carbocycles. The first-order valence-corrected chi connectivity index (χ1v) is 9.50. The van der Waals surface area contributed by atoms with Gasteiger partial charge in [0, 0.05) is 18.9 Å². The number of hydrogen-bond donors (Lipinski definition) is 1. The number of carbonyl (C=O) groups excluding carboxylic acids is 3. The second-order valence-corrected chi connectivity index (χ2v) is 7.02. The third kappa shape index (κ3) is 4.27. The molecule has 1 heterocycles. The third-order valence-corrected chi connectivity index (χ3v) is 5.23. The topological polar surface area (TPSA) is 94.2 Å². The lowest BCUT2D eigenvalue weighted by Crippen LogP contribution is -2.38. The quantitative estimate of drug-likeness (QED) is 0.538. The molecule has 8 heteroatoms. The SMILES string of the molecule is COCCOc1cc(NC(=O)CN2C(=O)[C@H]3CCCC[C@H]3C2=O)ccc1OC. The predicted molar refractivity (Wildman–Crippen MR) is 101 cm³/mol. The van der Waals surface area contributed by atoms with Crippen molar-refractivity contribution in [2.75, 3.05) is 39.3 Å². The Hall–Kier alpha value is -2.61. The molecule has 2 atom stereocenters. The smallest absolute Gasteiger partial charge is 0.244 e. The lowest BCUT2D eigenvalue weighted by atomic mass is 9.81. The molecule has 1 aromatic rings. The molecule has 0 radical (unpaired) electrons. The number of methoxy groups -OCH3 is 2. The zero-order chi connectivity index (χ0) is 20.1. The molecule has 152 valence electrons. The molecule has 3 amide bonds. The number of hydrogen-bond acceptors (Lipinski definition) is 6. The Bertz CT molecular complexity index is 726. The summed E-state index contributed by atoms with van der Waals surface area (Å²) < 4.78 is 15.8. The zero-order valence-corrected chi connectivity index (χ0v) is 16.2. The van der Waals surface area contributed by atoms with Crippen LogP contribution in [0.1, 0.15) is 25.7 Å². The first-order chi connectivity index (χ1) is 13.5. The summed E-state index contributed by atoms with van der Waals surface area (Å²) in [6.07, 6.45) is 3.37. The molecular weight excluding hydrogens is 364 g/mol. The normalized spacial score (nSPS) is 21.4. The lowest BCUT2D eigenvalue weighted by Gasteiger charge is -2.19. The molecule has 0 aromatic heterocycles. The van der Waals surface area contributed by atoms with Crippen molar-refractivity contribution in [3.05, 3.63) is 18.2 Å². The van der Waals surface area contributed by atoms with Gasteiger partial charge in [-0.25, -0.2) is 0 Å². The van der Waals surface area contributed by atoms with Crippen molar-refractivity contribution in [2.45, 2.75) is 25.7 Å². The Labute approximate surface area is 164 Å². The summed E-state index contributed by atoms with van der Waals surface area (Å²) in [7, 11) is 3.11. The molecule has 1 aliphatic heterocycles. The molecule has 3 rings (SSSR count). The van der Waals surface area contributed by atoms with Gasteiger partial charge in [-0.2, -0.15) is 0 Å². The van der Waals surface area contributed by atoms with E-state index in [1.807, 2.05) is 0 Å². The standard InChI is InChI=1S/C20H26N2O6/c1-26-9-10-28-17-11-13(7-8-16(17)27-2)21-18(23)12-22-19(24)14-5-3-4-6-15(14)20(22)25/h7-8,11,14-15H,3-6,9-10,12H2,1-2H3,(H,21,23)/t14-,15+. The summed E-state index contributed by atoms with van der Waals surface area (Å²) in [4.78, 5) is 38.5. The van der Waals surface area contributed by atoms with Crippen LogP contribution in [0.5, 0.6) is 11.5 Å². The van der Waals surface area contributed by atoms with Gasteiger partial charge < -0.3 is 19.5 Å². The number of fused-ring (bicyclic) bond motifs is 1. The van der Waals surface area contributed by atoms with Crippen LogP contribution in [-0.4, -0.2) is 56.6 Å². The maximum Gasteiger partial charge on any atom is 0.244 e. The Morgan fingerprint density at radius 2 is 1.75 bits per heavy atom. The van der Waals surface area contributed by atoms with E-state index in [0.29, 0.717) is 30.4 Å². The summed E-state index contributed by atoms with van der Waals surface area (Å²) in [5, 5.41) is 2.72. The van der Waals surface area contributed by atoms with Gasteiger partial charge >= 0.3 is 0 Å². The summed E-state index contributed by atoms with van der Waals surface area (Å²) in [5.74, 6) is -0.369. The van der Waals surface area contributed by atoms with Crippen molar-refractivity contribution >= 4 is 23.4 Å². The summed E-state index contributed by atoms with van der Waals surface area (Å²) in [6.45, 7) is 0.488. The highest BCUT2D eigenvalue weighted by molar-refractivity contribution is 6.08. The summed E-state index contributed by atoms with van der Waals surface area (Å²) in [5.41, 5.74) is 0.495. The van der Waals surface area contributed by atoms with Crippen molar-refractivity contribution in [1.82, 2.24) is 4.90 Å². The number of ether oxygens (including phenoxy) is 3. The number of nitrogens with zero attached hydrogens (tertiary/aromatic N) is 1. The van der Waals surface area contributed by atoms with Crippen LogP contribution in [0, 0.1) is 11.8 Å². The van der Waals surface area contributed by atoms with Crippen LogP contribution in [-0.2, 0) is 19.1 Å². The second-order valence-electron chi connectivity index (χ2n) is 7.02. The molecule has 2 fully saturated rings. The Morgan fingerprint density at radius 3 is 2.36 bits per heavy atom. The first-order valence-electron chi connectivity index (χ1n) is 9.50. The van der Waals surface area contributed by atoms with Crippen molar-refractivity contribution in [3.8, 4) is 11.5 Å². The highest BCUT2D eigenvalue weighted by atomic mass is 16.5. The van der Waals surface area contributed by atoms with E-state index >= 15 is 0 Å². The van der Waals surface area contributed by atoms with E-state index in [1.165, 1.54) is 7.11 Å². The number of likely N-dealkylation sites (tertiary alicyclic amines) is 1. The van der Waals surface area contributed by atoms with Crippen LogP contribution in [0.15, 0.2) is 18.2 Å². The number of amides is 3. The first kappa shape index (κ1) is 20.1. The molecule has 1 aliphatic carbocycles. The van der Waals surface area contributed by atoms with E-state index in [-0.39, 0.29) is 30.2 Å². The minimum Gasteiger partial charge on any atom is -0.493 e. The van der Waals surface area contributed by atoms with Gasteiger partial charge in [0.2, 0.25) is 17.7 Å². The lowest BCUT2D eigenvalue weighted by molar-refractivity contribution is -0.142. The highest BCUT2D eigenvalue weighted by Crippen LogP contribution is 2.38. The van der Waals surface area contributed by atoms with Gasteiger partial charge in [-0.3, -0.25) is 19.3 Å². The number of imide groups is 1. The van der Waals surface area contributed by atoms with E-state index < -0.39 is 5.91 Å². The van der Waals surface area contributed by atoms with Crippen LogP contribution >= 0.6 is 0 Å². The fraction of sp³-hybridized carbons (Fsp3) is 0.550. The maximum absolute atomic E-state index is 12.5. The molecule has 1 N–H and O–H groups in total. The van der Waals surface area contributed by atoms with E-state index in [2.05, 4.69) is 5.32 Å². The molecule has 0 bridgehead atoms. The second kappa shape index (κ2) is 9.05. The van der Waals surface area contributed by atoms with Crippen LogP contribution in [0.4, 0.5) is 5.69 Å². The molecule has 0 unspecified atom stereocenters. The highest BCUT2D eigenvalue weighted by Gasteiger charge is 2.48. The summed E-state index contributed by atoms with van der Waals surface area (Å²) in [6, 6.07) is 4.99. The van der Waals surface area contributed by atoms with Gasteiger partial charge in [-0.1, -0.05) is 12.8 Å². The van der Waals surface area contributed by atoms with Crippen molar-refractivity contribution in [2.24, 2.45) is 11.8 Å². The minimum absolute atomic E-state index is 0.219. The Balaban J connectivity index is 1.63. The van der Waals surface area contributed by atoms with Gasteiger partial charge in [-0.05, 0) is 25.0 Å². The fourth-order valence-corrected chi connectivity index (χ4v) is 3.83. The molecule has 2 aliphatic rings. The number of rotatable bonds is 8. The Morgan fingerprint density at radius 1 is 1.07 bits per heavy atom. The molecule has 0 spiro atoms. The van der Waals surface area contributed by atoms with Crippen LogP contribution in [0.25, 0.3) is 0 Å². The van der Waals surface area contributed by atoms with Crippen LogP contribution in [0.3, 0.4) is 0 Å². The monoisotopic (exact) mass is 390 g/mol. The van der Waals surface area contributed by atoms with Crippen molar-refractivity contribution in [3.63, 3.8) is 0 Å². The van der Waals surface area contributed by atoms with Gasteiger partial charge in [0.1, 0.15) is 13.2 Å². The van der Waals surface area contributed by atoms with Crippen LogP contribution in [0.2, 0.25) is 0 Å². The average Bonchev–Trinajstić information content (AvgIpc) is 2.93. The number of anilines is 1. The fourth-order valence-electron chi connectivity index (χ4n) is 3.83. The van der Waals surface area contributed by atoms with Gasteiger partial charge in [0.15, 0.2) is 11.5 Å². The third-order valence-electron chi connectivity index (χ3n) is 5.23. The molecule has 8 nitrogen and oxygen atoms in total. The van der Waals surface area contributed by atoms with Gasteiger partial charge in [0.05, 0.1) is 25.6 Å². The van der Waals surface area contributed by atoms with E-state index in [4.69, 9.17) is 14.2 Å². The predicted octanol–water partition coefficient (Wildman–Crippen LogP) is 1.83. The molecular formula is C20H26N2O6. The Kier molecular flexibility index (Phi) is 6.51. The van der Waals surface area contributed by atoms with E-state index in [0.717, 1.165) is 30.6 Å². The average molecular weight is 390 g/mol. The zero-order valence-electron chi connectivity index (χ0n) is 16.2. The van der Waals surface area contributed by atoms with Crippen molar-refractivity contribution < 1.29 is 28.6 Å². The number of benzene rings is 1.